The molecule has 0 unspecified atom stereocenters. The first-order valence-electron chi connectivity index (χ1n) is 8.41. The molecule has 0 bridgehead atoms. The van der Waals surface area contributed by atoms with Gasteiger partial charge in [-0.05, 0) is 35.9 Å². The van der Waals surface area contributed by atoms with Crippen LogP contribution in [0, 0.1) is 0 Å². The van der Waals surface area contributed by atoms with Gasteiger partial charge in [-0.25, -0.2) is 4.79 Å². The van der Waals surface area contributed by atoms with Gasteiger partial charge in [-0.2, -0.15) is 0 Å². The summed E-state index contributed by atoms with van der Waals surface area (Å²) >= 11 is 0. The topological polar surface area (TPSA) is 101 Å². The third-order valence-electron chi connectivity index (χ3n) is 4.16. The lowest BCUT2D eigenvalue weighted by Gasteiger charge is -2.15. The smallest absolute Gasteiger partial charge is 0.326 e. The Morgan fingerprint density at radius 3 is 2.52 bits per heavy atom. The van der Waals surface area contributed by atoms with Crippen LogP contribution in [0.25, 0.3) is 10.9 Å². The third kappa shape index (κ3) is 4.58. The molecule has 7 nitrogen and oxygen atoms in total. The molecule has 3 rings (SSSR count). The number of H-pyrrole nitrogens is 1. The van der Waals surface area contributed by atoms with Crippen LogP contribution in [-0.2, 0) is 16.0 Å². The number of amides is 1. The number of carbonyl (C=O) groups is 2. The number of benzene rings is 2. The van der Waals surface area contributed by atoms with Crippen molar-refractivity contribution in [1.82, 2.24) is 10.3 Å². The molecule has 1 amide bonds. The van der Waals surface area contributed by atoms with Crippen molar-refractivity contribution in [1.29, 1.82) is 0 Å². The van der Waals surface area contributed by atoms with Crippen LogP contribution in [0.15, 0.2) is 54.7 Å². The summed E-state index contributed by atoms with van der Waals surface area (Å²) in [6.07, 6.45) is 1.94. The van der Waals surface area contributed by atoms with E-state index >= 15 is 0 Å². The number of hydrogen-bond donors (Lipinski definition) is 3. The number of carbonyl (C=O) groups excluding carboxylic acids is 1. The van der Waals surface area contributed by atoms with Crippen LogP contribution in [0.3, 0.4) is 0 Å². The molecule has 1 heterocycles. The van der Waals surface area contributed by atoms with Crippen molar-refractivity contribution in [3.63, 3.8) is 0 Å². The van der Waals surface area contributed by atoms with Gasteiger partial charge >= 0.3 is 5.97 Å². The molecule has 0 saturated heterocycles. The van der Waals surface area contributed by atoms with E-state index in [1.54, 1.807) is 37.6 Å². The van der Waals surface area contributed by atoms with E-state index in [9.17, 15) is 14.7 Å². The maximum atomic E-state index is 12.1. The predicted octanol–water partition coefficient (Wildman–Crippen LogP) is 2.37. The number of aromatic nitrogens is 1. The number of para-hydroxylation sites is 1. The first-order valence-corrected chi connectivity index (χ1v) is 8.41. The zero-order valence-electron chi connectivity index (χ0n) is 14.8. The van der Waals surface area contributed by atoms with E-state index in [2.05, 4.69) is 10.3 Å². The van der Waals surface area contributed by atoms with Gasteiger partial charge in [-0.15, -0.1) is 0 Å². The molecule has 0 aliphatic carbocycles. The number of carboxylic acid groups (broad SMARTS) is 1. The molecule has 2 aromatic carbocycles. The van der Waals surface area contributed by atoms with Crippen LogP contribution < -0.4 is 14.8 Å². The molecule has 0 radical (unpaired) electrons. The van der Waals surface area contributed by atoms with E-state index in [-0.39, 0.29) is 13.0 Å². The minimum absolute atomic E-state index is 0.174. The number of aromatic amines is 1. The molecule has 0 aliphatic rings. The number of ether oxygens (including phenoxy) is 2. The maximum absolute atomic E-state index is 12.1. The molecule has 27 heavy (non-hydrogen) atoms. The van der Waals surface area contributed by atoms with E-state index in [0.29, 0.717) is 11.5 Å². The van der Waals surface area contributed by atoms with Crippen molar-refractivity contribution >= 4 is 22.8 Å². The molecular weight excluding hydrogens is 348 g/mol. The summed E-state index contributed by atoms with van der Waals surface area (Å²) in [6.45, 7) is -0.274. The molecule has 0 aliphatic heterocycles. The van der Waals surface area contributed by atoms with E-state index in [1.807, 2.05) is 24.3 Å². The summed E-state index contributed by atoms with van der Waals surface area (Å²) in [5, 5.41) is 12.9. The minimum Gasteiger partial charge on any atom is -0.497 e. The molecule has 3 N–H and O–H groups in total. The quantitative estimate of drug-likeness (QED) is 0.567. The van der Waals surface area contributed by atoms with Crippen LogP contribution in [0.5, 0.6) is 11.5 Å². The van der Waals surface area contributed by atoms with Gasteiger partial charge in [0.1, 0.15) is 17.5 Å². The Kier molecular flexibility index (Phi) is 5.61. The minimum atomic E-state index is -1.10. The van der Waals surface area contributed by atoms with Gasteiger partial charge in [-0.3, -0.25) is 4.79 Å². The van der Waals surface area contributed by atoms with Crippen LogP contribution in [0.1, 0.15) is 5.56 Å². The molecule has 0 saturated carbocycles. The normalized spacial score (nSPS) is 11.7. The summed E-state index contributed by atoms with van der Waals surface area (Å²) < 4.78 is 10.4. The molecule has 140 valence electrons. The number of carboxylic acids is 1. The predicted molar refractivity (Wildman–Crippen MR) is 100 cm³/mol. The Morgan fingerprint density at radius 2 is 1.81 bits per heavy atom. The Bertz CT molecular complexity index is 933. The second kappa shape index (κ2) is 8.27. The average molecular weight is 368 g/mol. The lowest BCUT2D eigenvalue weighted by molar-refractivity contribution is -0.142. The van der Waals surface area contributed by atoms with Gasteiger partial charge in [0.2, 0.25) is 0 Å². The molecular formula is C20H20N2O5. The summed E-state index contributed by atoms with van der Waals surface area (Å²) in [6, 6.07) is 13.3. The number of hydrogen-bond acceptors (Lipinski definition) is 4. The van der Waals surface area contributed by atoms with Crippen LogP contribution in [0.2, 0.25) is 0 Å². The summed E-state index contributed by atoms with van der Waals surface area (Å²) in [7, 11) is 1.56. The van der Waals surface area contributed by atoms with Crippen LogP contribution in [-0.4, -0.2) is 41.7 Å². The number of nitrogens with one attached hydrogen (secondary N) is 2. The van der Waals surface area contributed by atoms with Gasteiger partial charge in [0.25, 0.3) is 5.91 Å². The lowest BCUT2D eigenvalue weighted by Crippen LogP contribution is -2.44. The van der Waals surface area contributed by atoms with E-state index in [4.69, 9.17) is 9.47 Å². The second-order valence-corrected chi connectivity index (χ2v) is 5.99. The number of aliphatic carboxylic acids is 1. The van der Waals surface area contributed by atoms with E-state index < -0.39 is 17.9 Å². The summed E-state index contributed by atoms with van der Waals surface area (Å²) in [4.78, 5) is 26.8. The Morgan fingerprint density at radius 1 is 1.11 bits per heavy atom. The number of methoxy groups -OCH3 is 1. The SMILES string of the molecule is COc1ccc(OCC(=O)N[C@H](Cc2c[nH]c3ccccc23)C(=O)O)cc1. The van der Waals surface area contributed by atoms with Gasteiger partial charge in [0, 0.05) is 23.5 Å². The molecule has 1 aromatic heterocycles. The first-order chi connectivity index (χ1) is 13.1. The van der Waals surface area contributed by atoms with Crippen molar-refractivity contribution < 1.29 is 24.2 Å². The van der Waals surface area contributed by atoms with Crippen LogP contribution in [0.4, 0.5) is 0 Å². The third-order valence-corrected chi connectivity index (χ3v) is 4.16. The largest absolute Gasteiger partial charge is 0.497 e. The Labute approximate surface area is 155 Å². The fourth-order valence-corrected chi connectivity index (χ4v) is 2.78. The second-order valence-electron chi connectivity index (χ2n) is 5.99. The first kappa shape index (κ1) is 18.3. The van der Waals surface area contributed by atoms with Gasteiger partial charge < -0.3 is 24.9 Å². The highest BCUT2D eigenvalue weighted by atomic mass is 16.5. The highest BCUT2D eigenvalue weighted by Gasteiger charge is 2.22. The standard InChI is InChI=1S/C20H20N2O5/c1-26-14-6-8-15(9-7-14)27-12-19(23)22-18(20(24)25)10-13-11-21-17-5-3-2-4-16(13)17/h2-9,11,18,21H,10,12H2,1H3,(H,22,23)(H,24,25)/t18-/m1/s1. The molecule has 3 aromatic rings. The molecule has 0 spiro atoms. The molecule has 0 fully saturated rings. The van der Waals surface area contributed by atoms with Gasteiger partial charge in [0.15, 0.2) is 6.61 Å². The lowest BCUT2D eigenvalue weighted by atomic mass is 10.1. The zero-order chi connectivity index (χ0) is 19.2. The van der Waals surface area contributed by atoms with Crippen molar-refractivity contribution in [3.05, 3.63) is 60.3 Å². The van der Waals surface area contributed by atoms with Gasteiger partial charge in [0.05, 0.1) is 7.11 Å². The fraction of sp³-hybridized carbons (Fsp3) is 0.200. The number of fused-ring (bicyclic) bond motifs is 1. The highest BCUT2D eigenvalue weighted by molar-refractivity contribution is 5.87. The van der Waals surface area contributed by atoms with E-state index in [1.165, 1.54) is 0 Å². The molecule has 1 atom stereocenters. The highest BCUT2D eigenvalue weighted by Crippen LogP contribution is 2.19. The Balaban J connectivity index is 1.60. The van der Waals surface area contributed by atoms with Crippen LogP contribution >= 0.6 is 0 Å². The van der Waals surface area contributed by atoms with Crippen molar-refractivity contribution in [2.75, 3.05) is 13.7 Å². The van der Waals surface area contributed by atoms with E-state index in [0.717, 1.165) is 16.5 Å². The summed E-state index contributed by atoms with van der Waals surface area (Å²) in [5.74, 6) is -0.429. The Hall–Kier alpha value is -3.48. The summed E-state index contributed by atoms with van der Waals surface area (Å²) in [5.41, 5.74) is 1.75. The van der Waals surface area contributed by atoms with Crippen molar-refractivity contribution in [3.8, 4) is 11.5 Å². The fourth-order valence-electron chi connectivity index (χ4n) is 2.78. The number of rotatable bonds is 8. The van der Waals surface area contributed by atoms with Crippen molar-refractivity contribution in [2.24, 2.45) is 0 Å². The zero-order valence-corrected chi connectivity index (χ0v) is 14.8. The van der Waals surface area contributed by atoms with Gasteiger partial charge in [-0.1, -0.05) is 18.2 Å². The van der Waals surface area contributed by atoms with Crippen molar-refractivity contribution in [2.45, 2.75) is 12.5 Å². The maximum Gasteiger partial charge on any atom is 0.326 e. The average Bonchev–Trinajstić information content (AvgIpc) is 3.09. The monoisotopic (exact) mass is 368 g/mol. The molecule has 7 heteroatoms.